The standard InChI is InChI=1S/C12H19N3OS/c13-10-3-5-15(6-4-10)9-12(16)14-8-11-2-1-7-17-11/h1-2,7,10H,3-6,8-9,13H2,(H,14,16). The molecule has 3 N–H and O–H groups in total. The number of piperidine rings is 1. The maximum Gasteiger partial charge on any atom is 0.234 e. The van der Waals surface area contributed by atoms with Crippen LogP contribution in [0.1, 0.15) is 17.7 Å². The summed E-state index contributed by atoms with van der Waals surface area (Å²) in [5, 5.41) is 4.96. The Labute approximate surface area is 106 Å². The predicted molar refractivity (Wildman–Crippen MR) is 69.8 cm³/mol. The summed E-state index contributed by atoms with van der Waals surface area (Å²) in [6, 6.07) is 4.35. The number of carbonyl (C=O) groups excluding carboxylic acids is 1. The van der Waals surface area contributed by atoms with E-state index >= 15 is 0 Å². The van der Waals surface area contributed by atoms with E-state index in [0.717, 1.165) is 25.9 Å². The summed E-state index contributed by atoms with van der Waals surface area (Å²) in [4.78, 5) is 15.1. The zero-order chi connectivity index (χ0) is 12.1. The number of carbonyl (C=O) groups is 1. The van der Waals surface area contributed by atoms with Gasteiger partial charge in [0.15, 0.2) is 0 Å². The number of nitrogens with one attached hydrogen (secondary N) is 1. The molecule has 94 valence electrons. The third-order valence-electron chi connectivity index (χ3n) is 3.04. The SMILES string of the molecule is NC1CCN(CC(=O)NCc2cccs2)CC1. The molecular weight excluding hydrogens is 234 g/mol. The molecule has 0 unspecified atom stereocenters. The van der Waals surface area contributed by atoms with Crippen LogP contribution in [-0.2, 0) is 11.3 Å². The Hall–Kier alpha value is -0.910. The second kappa shape index (κ2) is 6.14. The first-order valence-corrected chi connectivity index (χ1v) is 6.89. The van der Waals surface area contributed by atoms with Gasteiger partial charge < -0.3 is 11.1 Å². The lowest BCUT2D eigenvalue weighted by Gasteiger charge is -2.29. The number of nitrogens with zero attached hydrogens (tertiary/aromatic N) is 1. The van der Waals surface area contributed by atoms with Gasteiger partial charge in [-0.1, -0.05) is 6.07 Å². The van der Waals surface area contributed by atoms with E-state index in [1.54, 1.807) is 11.3 Å². The molecular formula is C12H19N3OS. The highest BCUT2D eigenvalue weighted by Crippen LogP contribution is 2.09. The van der Waals surface area contributed by atoms with E-state index in [2.05, 4.69) is 10.2 Å². The molecule has 1 aliphatic heterocycles. The predicted octanol–water partition coefficient (Wildman–Crippen LogP) is 0.787. The number of hydrogen-bond donors (Lipinski definition) is 2. The summed E-state index contributed by atoms with van der Waals surface area (Å²) in [6.45, 7) is 3.02. The normalized spacial score (nSPS) is 18.2. The third-order valence-corrected chi connectivity index (χ3v) is 3.92. The lowest BCUT2D eigenvalue weighted by molar-refractivity contribution is -0.122. The number of likely N-dealkylation sites (tertiary alicyclic amines) is 1. The minimum atomic E-state index is 0.105. The summed E-state index contributed by atoms with van der Waals surface area (Å²) in [6.07, 6.45) is 2.00. The Balaban J connectivity index is 1.67. The zero-order valence-electron chi connectivity index (χ0n) is 9.89. The molecule has 1 fully saturated rings. The Morgan fingerprint density at radius 2 is 2.29 bits per heavy atom. The van der Waals surface area contributed by atoms with Gasteiger partial charge in [-0.05, 0) is 24.3 Å². The van der Waals surface area contributed by atoms with Crippen LogP contribution in [0.4, 0.5) is 0 Å². The summed E-state index contributed by atoms with van der Waals surface area (Å²) in [5.74, 6) is 0.105. The largest absolute Gasteiger partial charge is 0.350 e. The molecule has 5 heteroatoms. The van der Waals surface area contributed by atoms with Crippen LogP contribution in [0.15, 0.2) is 17.5 Å². The average molecular weight is 253 g/mol. The highest BCUT2D eigenvalue weighted by Gasteiger charge is 2.17. The minimum absolute atomic E-state index is 0.105. The lowest BCUT2D eigenvalue weighted by Crippen LogP contribution is -2.44. The maximum absolute atomic E-state index is 11.7. The van der Waals surface area contributed by atoms with Gasteiger partial charge in [-0.3, -0.25) is 9.69 Å². The van der Waals surface area contributed by atoms with Crippen molar-refractivity contribution in [3.63, 3.8) is 0 Å². The molecule has 0 bridgehead atoms. The molecule has 1 aromatic rings. The average Bonchev–Trinajstić information content (AvgIpc) is 2.83. The van der Waals surface area contributed by atoms with Gasteiger partial charge >= 0.3 is 0 Å². The van der Waals surface area contributed by atoms with Crippen molar-refractivity contribution in [1.29, 1.82) is 0 Å². The van der Waals surface area contributed by atoms with Gasteiger partial charge in [0, 0.05) is 24.0 Å². The van der Waals surface area contributed by atoms with Crippen LogP contribution < -0.4 is 11.1 Å². The topological polar surface area (TPSA) is 58.4 Å². The summed E-state index contributed by atoms with van der Waals surface area (Å²) < 4.78 is 0. The fourth-order valence-corrected chi connectivity index (χ4v) is 2.61. The maximum atomic E-state index is 11.7. The van der Waals surface area contributed by atoms with Crippen molar-refractivity contribution in [3.05, 3.63) is 22.4 Å². The van der Waals surface area contributed by atoms with Gasteiger partial charge in [-0.15, -0.1) is 11.3 Å². The number of hydrogen-bond acceptors (Lipinski definition) is 4. The smallest absolute Gasteiger partial charge is 0.234 e. The molecule has 0 aromatic carbocycles. The fraction of sp³-hybridized carbons (Fsp3) is 0.583. The van der Waals surface area contributed by atoms with E-state index < -0.39 is 0 Å². The van der Waals surface area contributed by atoms with E-state index in [0.29, 0.717) is 19.1 Å². The van der Waals surface area contributed by atoms with Gasteiger partial charge in [-0.25, -0.2) is 0 Å². The zero-order valence-corrected chi connectivity index (χ0v) is 10.7. The number of amides is 1. The van der Waals surface area contributed by atoms with Crippen molar-refractivity contribution in [3.8, 4) is 0 Å². The van der Waals surface area contributed by atoms with Crippen molar-refractivity contribution in [2.24, 2.45) is 5.73 Å². The van der Waals surface area contributed by atoms with Crippen molar-refractivity contribution >= 4 is 17.2 Å². The first-order chi connectivity index (χ1) is 8.24. The number of nitrogens with two attached hydrogens (primary N) is 1. The summed E-state index contributed by atoms with van der Waals surface area (Å²) in [5.41, 5.74) is 5.82. The molecule has 4 nitrogen and oxygen atoms in total. The van der Waals surface area contributed by atoms with Gasteiger partial charge in [-0.2, -0.15) is 0 Å². The Morgan fingerprint density at radius 1 is 1.53 bits per heavy atom. The number of rotatable bonds is 4. The van der Waals surface area contributed by atoms with Crippen LogP contribution >= 0.6 is 11.3 Å². The molecule has 17 heavy (non-hydrogen) atoms. The van der Waals surface area contributed by atoms with Crippen molar-refractivity contribution in [2.75, 3.05) is 19.6 Å². The molecule has 0 radical (unpaired) electrons. The molecule has 1 saturated heterocycles. The summed E-state index contributed by atoms with van der Waals surface area (Å²) in [7, 11) is 0. The minimum Gasteiger partial charge on any atom is -0.350 e. The number of thiophene rings is 1. The van der Waals surface area contributed by atoms with Crippen LogP contribution in [0.3, 0.4) is 0 Å². The molecule has 2 rings (SSSR count). The highest BCUT2D eigenvalue weighted by atomic mass is 32.1. The van der Waals surface area contributed by atoms with Crippen LogP contribution in [0.2, 0.25) is 0 Å². The van der Waals surface area contributed by atoms with Crippen molar-refractivity contribution in [1.82, 2.24) is 10.2 Å². The van der Waals surface area contributed by atoms with Gasteiger partial charge in [0.2, 0.25) is 5.91 Å². The molecule has 0 atom stereocenters. The quantitative estimate of drug-likeness (QED) is 0.834. The van der Waals surface area contributed by atoms with Crippen LogP contribution in [0, 0.1) is 0 Å². The van der Waals surface area contributed by atoms with E-state index in [-0.39, 0.29) is 5.91 Å². The Bertz CT molecular complexity index is 345. The summed E-state index contributed by atoms with van der Waals surface area (Å²) >= 11 is 1.67. The fourth-order valence-electron chi connectivity index (χ4n) is 1.97. The molecule has 0 aliphatic carbocycles. The van der Waals surface area contributed by atoms with E-state index in [9.17, 15) is 4.79 Å². The molecule has 2 heterocycles. The van der Waals surface area contributed by atoms with Crippen LogP contribution in [0.5, 0.6) is 0 Å². The molecule has 1 amide bonds. The molecule has 0 saturated carbocycles. The van der Waals surface area contributed by atoms with E-state index in [1.807, 2.05) is 17.5 Å². The first-order valence-electron chi connectivity index (χ1n) is 6.01. The van der Waals surface area contributed by atoms with Gasteiger partial charge in [0.05, 0.1) is 13.1 Å². The second-order valence-corrected chi connectivity index (χ2v) is 5.50. The monoisotopic (exact) mass is 253 g/mol. The van der Waals surface area contributed by atoms with Crippen molar-refractivity contribution < 1.29 is 4.79 Å². The van der Waals surface area contributed by atoms with Crippen LogP contribution in [-0.4, -0.2) is 36.5 Å². The Morgan fingerprint density at radius 3 is 2.94 bits per heavy atom. The Kier molecular flexibility index (Phi) is 4.53. The lowest BCUT2D eigenvalue weighted by atomic mass is 10.1. The third kappa shape index (κ3) is 4.11. The van der Waals surface area contributed by atoms with Crippen molar-refractivity contribution in [2.45, 2.75) is 25.4 Å². The molecule has 1 aliphatic rings. The highest BCUT2D eigenvalue weighted by molar-refractivity contribution is 7.09. The first kappa shape index (κ1) is 12.5. The van der Waals surface area contributed by atoms with Gasteiger partial charge in [0.1, 0.15) is 0 Å². The van der Waals surface area contributed by atoms with Crippen LogP contribution in [0.25, 0.3) is 0 Å². The second-order valence-electron chi connectivity index (χ2n) is 4.47. The van der Waals surface area contributed by atoms with E-state index in [1.165, 1.54) is 4.88 Å². The van der Waals surface area contributed by atoms with Gasteiger partial charge in [0.25, 0.3) is 0 Å². The van der Waals surface area contributed by atoms with E-state index in [4.69, 9.17) is 5.73 Å². The molecule has 0 spiro atoms. The molecule has 1 aromatic heterocycles.